The number of hydrogen-bond donors (Lipinski definition) is 1. The third-order valence-corrected chi connectivity index (χ3v) is 3.42. The molecule has 0 fully saturated rings. The lowest BCUT2D eigenvalue weighted by Crippen LogP contribution is -2.06. The van der Waals surface area contributed by atoms with Crippen molar-refractivity contribution in [1.82, 2.24) is 0 Å². The summed E-state index contributed by atoms with van der Waals surface area (Å²) in [6, 6.07) is 17.8. The molecule has 2 rings (SSSR count). The molecule has 0 heterocycles. The highest BCUT2D eigenvalue weighted by Crippen LogP contribution is 2.20. The Morgan fingerprint density at radius 1 is 1.05 bits per heavy atom. The fourth-order valence-corrected chi connectivity index (χ4v) is 2.33. The fourth-order valence-electron chi connectivity index (χ4n) is 2.33. The van der Waals surface area contributed by atoms with Gasteiger partial charge in [0, 0.05) is 11.7 Å². The molecule has 0 bridgehead atoms. The predicted molar refractivity (Wildman–Crippen MR) is 83.7 cm³/mol. The average molecular weight is 253 g/mol. The highest BCUT2D eigenvalue weighted by atomic mass is 14.9. The fraction of sp³-hybridized carbons (Fsp3) is 0.333. The Kier molecular flexibility index (Phi) is 4.62. The van der Waals surface area contributed by atoms with Crippen molar-refractivity contribution in [1.29, 1.82) is 0 Å². The van der Waals surface area contributed by atoms with Gasteiger partial charge in [-0.3, -0.25) is 0 Å². The number of nitrogens with one attached hydrogen (secondary N) is 1. The molecule has 0 radical (unpaired) electrons. The van der Waals surface area contributed by atoms with Crippen LogP contribution in [0.1, 0.15) is 43.0 Å². The molecule has 1 N–H and O–H groups in total. The Morgan fingerprint density at radius 3 is 2.42 bits per heavy atom. The summed E-state index contributed by atoms with van der Waals surface area (Å²) in [7, 11) is 0. The highest BCUT2D eigenvalue weighted by molar-refractivity contribution is 5.47. The van der Waals surface area contributed by atoms with Crippen LogP contribution in [0.4, 0.5) is 5.69 Å². The van der Waals surface area contributed by atoms with E-state index in [1.54, 1.807) is 0 Å². The molecule has 1 atom stereocenters. The van der Waals surface area contributed by atoms with E-state index in [1.165, 1.54) is 28.8 Å². The monoisotopic (exact) mass is 253 g/mol. The van der Waals surface area contributed by atoms with Crippen molar-refractivity contribution in [2.75, 3.05) is 5.32 Å². The summed E-state index contributed by atoms with van der Waals surface area (Å²) in [6.07, 6.45) is 2.36. The number of rotatable bonds is 5. The van der Waals surface area contributed by atoms with E-state index in [4.69, 9.17) is 0 Å². The van der Waals surface area contributed by atoms with E-state index >= 15 is 0 Å². The Balaban J connectivity index is 2.04. The first-order chi connectivity index (χ1) is 9.19. The van der Waals surface area contributed by atoms with Gasteiger partial charge in [-0.15, -0.1) is 0 Å². The number of hydrogen-bond acceptors (Lipinski definition) is 1. The molecule has 0 aromatic heterocycles. The molecule has 2 aromatic rings. The molecule has 1 heteroatoms. The molecule has 0 aliphatic carbocycles. The highest BCUT2D eigenvalue weighted by Gasteiger charge is 2.05. The second-order valence-corrected chi connectivity index (χ2v) is 5.23. The van der Waals surface area contributed by atoms with E-state index in [9.17, 15) is 0 Å². The molecule has 0 saturated carbocycles. The SMILES string of the molecule is CCCc1ccc(NC(C)c2cccc(C)c2)cc1. The maximum atomic E-state index is 3.55. The van der Waals surface area contributed by atoms with E-state index in [2.05, 4.69) is 74.6 Å². The molecule has 2 aromatic carbocycles. The normalized spacial score (nSPS) is 12.2. The summed E-state index contributed by atoms with van der Waals surface area (Å²) in [5, 5.41) is 3.55. The summed E-state index contributed by atoms with van der Waals surface area (Å²) >= 11 is 0. The van der Waals surface area contributed by atoms with E-state index in [0.29, 0.717) is 6.04 Å². The first-order valence-electron chi connectivity index (χ1n) is 7.11. The van der Waals surface area contributed by atoms with Crippen LogP contribution in [0, 0.1) is 6.92 Å². The molecule has 1 unspecified atom stereocenters. The van der Waals surface area contributed by atoms with Crippen LogP contribution in [0.3, 0.4) is 0 Å². The summed E-state index contributed by atoms with van der Waals surface area (Å²) in [5.41, 5.74) is 5.24. The van der Waals surface area contributed by atoms with E-state index < -0.39 is 0 Å². The van der Waals surface area contributed by atoms with E-state index in [1.807, 2.05) is 0 Å². The van der Waals surface area contributed by atoms with Crippen LogP contribution in [-0.4, -0.2) is 0 Å². The second-order valence-electron chi connectivity index (χ2n) is 5.23. The lowest BCUT2D eigenvalue weighted by molar-refractivity contribution is 0.881. The lowest BCUT2D eigenvalue weighted by Gasteiger charge is -2.16. The van der Waals surface area contributed by atoms with Crippen LogP contribution < -0.4 is 5.32 Å². The average Bonchev–Trinajstić information content (AvgIpc) is 2.41. The van der Waals surface area contributed by atoms with Gasteiger partial charge >= 0.3 is 0 Å². The summed E-state index contributed by atoms with van der Waals surface area (Å²) in [5.74, 6) is 0. The Bertz CT molecular complexity index is 513. The first kappa shape index (κ1) is 13.7. The van der Waals surface area contributed by atoms with Gasteiger partial charge < -0.3 is 5.32 Å². The van der Waals surface area contributed by atoms with Crippen LogP contribution in [0.25, 0.3) is 0 Å². The van der Waals surface area contributed by atoms with Crippen molar-refractivity contribution in [3.05, 3.63) is 65.2 Å². The zero-order chi connectivity index (χ0) is 13.7. The first-order valence-corrected chi connectivity index (χ1v) is 7.11. The zero-order valence-corrected chi connectivity index (χ0v) is 12.1. The minimum absolute atomic E-state index is 0.330. The molecule has 0 saturated heterocycles. The third kappa shape index (κ3) is 3.85. The third-order valence-electron chi connectivity index (χ3n) is 3.42. The largest absolute Gasteiger partial charge is 0.379 e. The molecule has 0 spiro atoms. The van der Waals surface area contributed by atoms with Crippen LogP contribution in [0.2, 0.25) is 0 Å². The number of aryl methyl sites for hydroxylation is 2. The van der Waals surface area contributed by atoms with Gasteiger partial charge in [0.1, 0.15) is 0 Å². The number of anilines is 1. The van der Waals surface area contributed by atoms with Crippen molar-refractivity contribution in [3.8, 4) is 0 Å². The second kappa shape index (κ2) is 6.42. The molecule has 0 amide bonds. The van der Waals surface area contributed by atoms with E-state index in [-0.39, 0.29) is 0 Å². The van der Waals surface area contributed by atoms with Gasteiger partial charge in [0.05, 0.1) is 0 Å². The van der Waals surface area contributed by atoms with Crippen LogP contribution in [0.15, 0.2) is 48.5 Å². The Hall–Kier alpha value is -1.76. The van der Waals surface area contributed by atoms with Crippen molar-refractivity contribution >= 4 is 5.69 Å². The smallest absolute Gasteiger partial charge is 0.0485 e. The molecule has 0 aliphatic rings. The number of benzene rings is 2. The van der Waals surface area contributed by atoms with Gasteiger partial charge in [-0.05, 0) is 43.5 Å². The van der Waals surface area contributed by atoms with Gasteiger partial charge in [-0.1, -0.05) is 55.3 Å². The molecular formula is C18H23N. The van der Waals surface area contributed by atoms with Gasteiger partial charge in [0.25, 0.3) is 0 Å². The Morgan fingerprint density at radius 2 is 1.79 bits per heavy atom. The maximum Gasteiger partial charge on any atom is 0.0485 e. The maximum absolute atomic E-state index is 3.55. The van der Waals surface area contributed by atoms with E-state index in [0.717, 1.165) is 6.42 Å². The minimum atomic E-state index is 0.330. The predicted octanol–water partition coefficient (Wildman–Crippen LogP) is 5.12. The molecule has 0 aliphatic heterocycles. The van der Waals surface area contributed by atoms with Gasteiger partial charge in [0.15, 0.2) is 0 Å². The van der Waals surface area contributed by atoms with Gasteiger partial charge in [0.2, 0.25) is 0 Å². The zero-order valence-electron chi connectivity index (χ0n) is 12.1. The van der Waals surface area contributed by atoms with Crippen molar-refractivity contribution in [3.63, 3.8) is 0 Å². The molecule has 1 nitrogen and oxygen atoms in total. The van der Waals surface area contributed by atoms with Crippen LogP contribution in [-0.2, 0) is 6.42 Å². The van der Waals surface area contributed by atoms with Gasteiger partial charge in [-0.25, -0.2) is 0 Å². The molecule has 100 valence electrons. The summed E-state index contributed by atoms with van der Waals surface area (Å²) in [6.45, 7) is 6.55. The summed E-state index contributed by atoms with van der Waals surface area (Å²) < 4.78 is 0. The van der Waals surface area contributed by atoms with Crippen LogP contribution >= 0.6 is 0 Å². The Labute approximate surface area is 116 Å². The summed E-state index contributed by atoms with van der Waals surface area (Å²) in [4.78, 5) is 0. The quantitative estimate of drug-likeness (QED) is 0.779. The van der Waals surface area contributed by atoms with Crippen molar-refractivity contribution in [2.24, 2.45) is 0 Å². The van der Waals surface area contributed by atoms with Gasteiger partial charge in [-0.2, -0.15) is 0 Å². The van der Waals surface area contributed by atoms with Crippen molar-refractivity contribution < 1.29 is 0 Å². The topological polar surface area (TPSA) is 12.0 Å². The van der Waals surface area contributed by atoms with Crippen LogP contribution in [0.5, 0.6) is 0 Å². The lowest BCUT2D eigenvalue weighted by atomic mass is 10.1. The standard InChI is InChI=1S/C18H23N/c1-4-6-16-9-11-18(12-10-16)19-15(3)17-8-5-7-14(2)13-17/h5,7-13,15,19H,4,6H2,1-3H3. The molecular weight excluding hydrogens is 230 g/mol. The van der Waals surface area contributed by atoms with Crippen molar-refractivity contribution in [2.45, 2.75) is 39.7 Å². The molecule has 19 heavy (non-hydrogen) atoms. The minimum Gasteiger partial charge on any atom is -0.379 e.